The number of ether oxygens (including phenoxy) is 1. The largest absolute Gasteiger partial charge is 0.379 e. The molecule has 1 aromatic carbocycles. The first-order chi connectivity index (χ1) is 9.22. The molecule has 3 nitrogen and oxygen atoms in total. The van der Waals surface area contributed by atoms with E-state index in [2.05, 4.69) is 12.2 Å². The minimum atomic E-state index is -0.165. The standard InChI is InChI=1S/C15H23FN2O/c1-3-8-17-14-11-19-10-12(14)9-18(2)15-7-5-4-6-13(15)16/h4-7,12,14,17H,3,8-11H2,1-2H3. The molecule has 0 saturated carbocycles. The molecule has 1 fully saturated rings. The van der Waals surface area contributed by atoms with E-state index in [-0.39, 0.29) is 5.82 Å². The van der Waals surface area contributed by atoms with Crippen LogP contribution >= 0.6 is 0 Å². The fraction of sp³-hybridized carbons (Fsp3) is 0.600. The van der Waals surface area contributed by atoms with E-state index < -0.39 is 0 Å². The zero-order valence-corrected chi connectivity index (χ0v) is 11.7. The smallest absolute Gasteiger partial charge is 0.146 e. The highest BCUT2D eigenvalue weighted by Gasteiger charge is 2.28. The Kier molecular flexibility index (Phi) is 5.16. The molecular formula is C15H23FN2O. The molecule has 1 saturated heterocycles. The summed E-state index contributed by atoms with van der Waals surface area (Å²) >= 11 is 0. The van der Waals surface area contributed by atoms with Crippen molar-refractivity contribution >= 4 is 5.69 Å². The monoisotopic (exact) mass is 266 g/mol. The lowest BCUT2D eigenvalue weighted by molar-refractivity contribution is 0.183. The number of para-hydroxylation sites is 1. The Labute approximate surface area is 114 Å². The average molecular weight is 266 g/mol. The number of hydrogen-bond acceptors (Lipinski definition) is 3. The molecule has 1 heterocycles. The van der Waals surface area contributed by atoms with Gasteiger partial charge in [-0.3, -0.25) is 0 Å². The second kappa shape index (κ2) is 6.87. The number of rotatable bonds is 6. The van der Waals surface area contributed by atoms with Crippen molar-refractivity contribution in [1.82, 2.24) is 5.32 Å². The molecule has 0 radical (unpaired) electrons. The van der Waals surface area contributed by atoms with Gasteiger partial charge in [0, 0.05) is 25.6 Å². The van der Waals surface area contributed by atoms with Crippen LogP contribution in [0.1, 0.15) is 13.3 Å². The SMILES string of the molecule is CCCNC1COCC1CN(C)c1ccccc1F. The molecule has 1 aliphatic heterocycles. The Morgan fingerprint density at radius 2 is 2.16 bits per heavy atom. The van der Waals surface area contributed by atoms with Crippen molar-refractivity contribution in [2.24, 2.45) is 5.92 Å². The maximum Gasteiger partial charge on any atom is 0.146 e. The van der Waals surface area contributed by atoms with Crippen molar-refractivity contribution in [3.8, 4) is 0 Å². The van der Waals surface area contributed by atoms with Crippen molar-refractivity contribution < 1.29 is 9.13 Å². The number of benzene rings is 1. The Hall–Kier alpha value is -1.13. The normalized spacial score (nSPS) is 22.7. The lowest BCUT2D eigenvalue weighted by Crippen LogP contribution is -2.41. The molecule has 19 heavy (non-hydrogen) atoms. The molecule has 106 valence electrons. The van der Waals surface area contributed by atoms with E-state index in [4.69, 9.17) is 4.74 Å². The van der Waals surface area contributed by atoms with E-state index in [0.29, 0.717) is 17.6 Å². The zero-order chi connectivity index (χ0) is 13.7. The van der Waals surface area contributed by atoms with E-state index >= 15 is 0 Å². The molecular weight excluding hydrogens is 243 g/mol. The first-order valence-electron chi connectivity index (χ1n) is 6.99. The summed E-state index contributed by atoms with van der Waals surface area (Å²) in [5.74, 6) is 0.248. The van der Waals surface area contributed by atoms with Gasteiger partial charge in [0.05, 0.1) is 18.9 Å². The van der Waals surface area contributed by atoms with Gasteiger partial charge in [0.25, 0.3) is 0 Å². The van der Waals surface area contributed by atoms with E-state index in [1.807, 2.05) is 24.1 Å². The number of nitrogens with zero attached hydrogens (tertiary/aromatic N) is 1. The van der Waals surface area contributed by atoms with E-state index in [0.717, 1.165) is 32.7 Å². The van der Waals surface area contributed by atoms with Crippen LogP contribution in [0.25, 0.3) is 0 Å². The number of nitrogens with one attached hydrogen (secondary N) is 1. The molecule has 4 heteroatoms. The number of halogens is 1. The second-order valence-electron chi connectivity index (χ2n) is 5.19. The zero-order valence-electron chi connectivity index (χ0n) is 11.7. The van der Waals surface area contributed by atoms with Crippen molar-refractivity contribution in [3.63, 3.8) is 0 Å². The van der Waals surface area contributed by atoms with Gasteiger partial charge in [-0.2, -0.15) is 0 Å². The van der Waals surface area contributed by atoms with Crippen LogP contribution in [0.15, 0.2) is 24.3 Å². The first-order valence-corrected chi connectivity index (χ1v) is 6.99. The number of anilines is 1. The Morgan fingerprint density at radius 1 is 1.37 bits per heavy atom. The summed E-state index contributed by atoms with van der Waals surface area (Å²) in [5, 5.41) is 3.51. The first kappa shape index (κ1) is 14.3. The molecule has 0 amide bonds. The summed E-state index contributed by atoms with van der Waals surface area (Å²) in [7, 11) is 1.94. The Bertz CT molecular complexity index is 399. The van der Waals surface area contributed by atoms with Crippen LogP contribution in [-0.2, 0) is 4.74 Å². The molecule has 0 aromatic heterocycles. The van der Waals surface area contributed by atoms with E-state index in [1.54, 1.807) is 6.07 Å². The van der Waals surface area contributed by atoms with Crippen molar-refractivity contribution in [3.05, 3.63) is 30.1 Å². The van der Waals surface area contributed by atoms with Crippen LogP contribution in [-0.4, -0.2) is 39.4 Å². The highest BCUT2D eigenvalue weighted by molar-refractivity contribution is 5.46. The summed E-state index contributed by atoms with van der Waals surface area (Å²) in [6.07, 6.45) is 1.12. The molecule has 0 aliphatic carbocycles. The van der Waals surface area contributed by atoms with Gasteiger partial charge in [-0.1, -0.05) is 19.1 Å². The summed E-state index contributed by atoms with van der Waals surface area (Å²) in [4.78, 5) is 1.98. The maximum atomic E-state index is 13.7. The summed E-state index contributed by atoms with van der Waals surface area (Å²) in [6.45, 7) is 5.48. The van der Waals surface area contributed by atoms with Gasteiger partial charge in [0.1, 0.15) is 5.82 Å². The molecule has 1 aromatic rings. The molecule has 0 spiro atoms. The summed E-state index contributed by atoms with van der Waals surface area (Å²) in [6, 6.07) is 7.29. The maximum absolute atomic E-state index is 13.7. The van der Waals surface area contributed by atoms with Gasteiger partial charge in [-0.15, -0.1) is 0 Å². The van der Waals surface area contributed by atoms with Crippen molar-refractivity contribution in [2.75, 3.05) is 38.3 Å². The van der Waals surface area contributed by atoms with Gasteiger partial charge in [-0.05, 0) is 25.1 Å². The predicted molar refractivity (Wildman–Crippen MR) is 76.1 cm³/mol. The van der Waals surface area contributed by atoms with Gasteiger partial charge in [0.2, 0.25) is 0 Å². The third kappa shape index (κ3) is 3.67. The molecule has 2 unspecified atom stereocenters. The lowest BCUT2D eigenvalue weighted by atomic mass is 10.0. The predicted octanol–water partition coefficient (Wildman–Crippen LogP) is 2.28. The number of hydrogen-bond donors (Lipinski definition) is 1. The average Bonchev–Trinajstić information content (AvgIpc) is 2.84. The molecule has 2 rings (SSSR count). The fourth-order valence-corrected chi connectivity index (χ4v) is 2.55. The summed E-state index contributed by atoms with van der Waals surface area (Å²) < 4.78 is 19.3. The van der Waals surface area contributed by atoms with E-state index in [9.17, 15) is 4.39 Å². The van der Waals surface area contributed by atoms with Gasteiger partial charge in [0.15, 0.2) is 0 Å². The molecule has 1 N–H and O–H groups in total. The molecule has 2 atom stereocenters. The van der Waals surface area contributed by atoms with Crippen LogP contribution in [0.3, 0.4) is 0 Å². The quantitative estimate of drug-likeness (QED) is 0.855. The third-order valence-electron chi connectivity index (χ3n) is 3.63. The van der Waals surface area contributed by atoms with Crippen molar-refractivity contribution in [1.29, 1.82) is 0 Å². The summed E-state index contributed by atoms with van der Waals surface area (Å²) in [5.41, 5.74) is 0.656. The Balaban J connectivity index is 1.94. The molecule has 0 bridgehead atoms. The van der Waals surface area contributed by atoms with Crippen LogP contribution in [0.2, 0.25) is 0 Å². The second-order valence-corrected chi connectivity index (χ2v) is 5.19. The van der Waals surface area contributed by atoms with E-state index in [1.165, 1.54) is 6.07 Å². The highest BCUT2D eigenvalue weighted by Crippen LogP contribution is 2.21. The topological polar surface area (TPSA) is 24.5 Å². The van der Waals surface area contributed by atoms with Crippen LogP contribution < -0.4 is 10.2 Å². The fourth-order valence-electron chi connectivity index (χ4n) is 2.55. The van der Waals surface area contributed by atoms with Gasteiger partial charge < -0.3 is 15.0 Å². The van der Waals surface area contributed by atoms with Crippen LogP contribution in [0, 0.1) is 11.7 Å². The minimum absolute atomic E-state index is 0.165. The van der Waals surface area contributed by atoms with Gasteiger partial charge >= 0.3 is 0 Å². The minimum Gasteiger partial charge on any atom is -0.379 e. The van der Waals surface area contributed by atoms with Crippen molar-refractivity contribution in [2.45, 2.75) is 19.4 Å². The van der Waals surface area contributed by atoms with Crippen LogP contribution in [0.5, 0.6) is 0 Å². The van der Waals surface area contributed by atoms with Gasteiger partial charge in [-0.25, -0.2) is 4.39 Å². The third-order valence-corrected chi connectivity index (χ3v) is 3.63. The Morgan fingerprint density at radius 3 is 2.89 bits per heavy atom. The lowest BCUT2D eigenvalue weighted by Gasteiger charge is -2.26. The molecule has 1 aliphatic rings. The van der Waals surface area contributed by atoms with Crippen LogP contribution in [0.4, 0.5) is 10.1 Å². The highest BCUT2D eigenvalue weighted by atomic mass is 19.1.